The molecule has 0 unspecified atom stereocenters. The molecule has 1 aromatic heterocycles. The second-order valence-electron chi connectivity index (χ2n) is 7.86. The van der Waals surface area contributed by atoms with Gasteiger partial charge < -0.3 is 0 Å². The molecule has 0 amide bonds. The fraction of sp³-hybridized carbons (Fsp3) is 0.353. The Bertz CT molecular complexity index is 631. The number of aromatic nitrogens is 1. The molecule has 20 heavy (non-hydrogen) atoms. The third-order valence-corrected chi connectivity index (χ3v) is 8.48. The van der Waals surface area contributed by atoms with Crippen molar-refractivity contribution < 1.29 is 0 Å². The SMILES string of the molecule is C[Si](C)(C)c1cc2c(cc1[Si](C)(C)C)-c1cnccc1-2. The molecule has 0 fully saturated rings. The molecule has 0 spiro atoms. The van der Waals surface area contributed by atoms with Gasteiger partial charge in [-0.25, -0.2) is 0 Å². The van der Waals surface area contributed by atoms with Crippen LogP contribution in [0.3, 0.4) is 0 Å². The predicted octanol–water partition coefficient (Wildman–Crippen LogP) is 3.82. The summed E-state index contributed by atoms with van der Waals surface area (Å²) < 4.78 is 0. The van der Waals surface area contributed by atoms with Gasteiger partial charge in [-0.3, -0.25) is 4.98 Å². The second-order valence-corrected chi connectivity index (χ2v) is 17.9. The summed E-state index contributed by atoms with van der Waals surface area (Å²) in [7, 11) is -2.63. The van der Waals surface area contributed by atoms with Gasteiger partial charge in [0.15, 0.2) is 0 Å². The van der Waals surface area contributed by atoms with Crippen LogP contribution in [0.4, 0.5) is 0 Å². The average molecular weight is 298 g/mol. The van der Waals surface area contributed by atoms with Crippen molar-refractivity contribution in [1.29, 1.82) is 0 Å². The lowest BCUT2D eigenvalue weighted by molar-refractivity contribution is 1.31. The van der Waals surface area contributed by atoms with Crippen LogP contribution in [0.1, 0.15) is 0 Å². The zero-order chi connectivity index (χ0) is 14.7. The quantitative estimate of drug-likeness (QED) is 0.655. The molecule has 1 aliphatic rings. The number of pyridine rings is 1. The molecular weight excluding hydrogens is 274 g/mol. The van der Waals surface area contributed by atoms with Crippen LogP contribution in [0.2, 0.25) is 39.3 Å². The van der Waals surface area contributed by atoms with Crippen LogP contribution >= 0.6 is 0 Å². The fourth-order valence-corrected chi connectivity index (χ4v) is 8.23. The van der Waals surface area contributed by atoms with E-state index in [0.717, 1.165) is 0 Å². The van der Waals surface area contributed by atoms with Gasteiger partial charge in [-0.15, -0.1) is 0 Å². The van der Waals surface area contributed by atoms with Gasteiger partial charge in [0.05, 0.1) is 16.1 Å². The molecule has 1 nitrogen and oxygen atoms in total. The first-order valence-electron chi connectivity index (χ1n) is 7.33. The van der Waals surface area contributed by atoms with Gasteiger partial charge in [0.25, 0.3) is 0 Å². The summed E-state index contributed by atoms with van der Waals surface area (Å²) in [6.07, 6.45) is 3.92. The molecule has 104 valence electrons. The van der Waals surface area contributed by atoms with Crippen molar-refractivity contribution in [3.05, 3.63) is 30.6 Å². The van der Waals surface area contributed by atoms with E-state index in [1.807, 2.05) is 12.4 Å². The van der Waals surface area contributed by atoms with Crippen molar-refractivity contribution in [2.45, 2.75) is 39.3 Å². The Labute approximate surface area is 124 Å². The first-order valence-corrected chi connectivity index (χ1v) is 14.3. The Morgan fingerprint density at radius 1 is 0.700 bits per heavy atom. The molecule has 2 aromatic rings. The maximum Gasteiger partial charge on any atom is 0.0774 e. The predicted molar refractivity (Wildman–Crippen MR) is 94.6 cm³/mol. The third-order valence-electron chi connectivity index (χ3n) is 4.18. The van der Waals surface area contributed by atoms with E-state index >= 15 is 0 Å². The van der Waals surface area contributed by atoms with E-state index in [2.05, 4.69) is 62.5 Å². The molecule has 0 bridgehead atoms. The van der Waals surface area contributed by atoms with Gasteiger partial charge in [-0.05, 0) is 22.8 Å². The summed E-state index contributed by atoms with van der Waals surface area (Å²) in [6.45, 7) is 14.8. The minimum atomic E-state index is -1.32. The van der Waals surface area contributed by atoms with Crippen molar-refractivity contribution in [2.75, 3.05) is 0 Å². The van der Waals surface area contributed by atoms with E-state index in [1.54, 1.807) is 10.4 Å². The van der Waals surface area contributed by atoms with Crippen molar-refractivity contribution >= 4 is 26.5 Å². The zero-order valence-electron chi connectivity index (χ0n) is 13.3. The number of hydrogen-bond donors (Lipinski definition) is 0. The molecule has 0 aliphatic heterocycles. The number of fused-ring (bicyclic) bond motifs is 4. The standard InChI is InChI=1S/C17H23NSi2/c1-19(2,3)16-9-13-12-7-8-18-11-15(12)14(13)10-17(16)20(4,5)6/h7-11H,1-6H3. The van der Waals surface area contributed by atoms with Crippen LogP contribution in [-0.4, -0.2) is 21.1 Å². The molecule has 1 aliphatic carbocycles. The van der Waals surface area contributed by atoms with E-state index in [0.29, 0.717) is 0 Å². The maximum atomic E-state index is 4.28. The summed E-state index contributed by atoms with van der Waals surface area (Å²) in [5.41, 5.74) is 5.59. The highest BCUT2D eigenvalue weighted by Crippen LogP contribution is 2.45. The van der Waals surface area contributed by atoms with Gasteiger partial charge in [0.2, 0.25) is 0 Å². The monoisotopic (exact) mass is 297 g/mol. The first-order chi connectivity index (χ1) is 9.19. The van der Waals surface area contributed by atoms with Gasteiger partial charge >= 0.3 is 0 Å². The lowest BCUT2D eigenvalue weighted by Gasteiger charge is -2.33. The molecule has 0 saturated carbocycles. The highest BCUT2D eigenvalue weighted by molar-refractivity contribution is 6.98. The smallest absolute Gasteiger partial charge is 0.0774 e. The molecule has 0 radical (unpaired) electrons. The molecule has 3 heteroatoms. The minimum Gasteiger partial charge on any atom is -0.264 e. The Balaban J connectivity index is 2.26. The molecule has 1 aromatic carbocycles. The van der Waals surface area contributed by atoms with Crippen LogP contribution in [0.15, 0.2) is 30.6 Å². The van der Waals surface area contributed by atoms with Crippen LogP contribution in [0, 0.1) is 0 Å². The molecular formula is C17H23NSi2. The van der Waals surface area contributed by atoms with Gasteiger partial charge in [-0.2, -0.15) is 0 Å². The Morgan fingerprint density at radius 2 is 1.20 bits per heavy atom. The van der Waals surface area contributed by atoms with E-state index in [9.17, 15) is 0 Å². The molecule has 0 atom stereocenters. The summed E-state index contributed by atoms with van der Waals surface area (Å²) in [6, 6.07) is 7.14. The molecule has 3 rings (SSSR count). The molecule has 0 N–H and O–H groups in total. The average Bonchev–Trinajstić information content (AvgIpc) is 2.32. The molecule has 1 heterocycles. The number of rotatable bonds is 2. The minimum absolute atomic E-state index is 1.31. The Morgan fingerprint density at radius 3 is 1.70 bits per heavy atom. The maximum absolute atomic E-state index is 4.28. The zero-order valence-corrected chi connectivity index (χ0v) is 15.3. The Kier molecular flexibility index (Phi) is 2.86. The number of nitrogens with zero attached hydrogens (tertiary/aromatic N) is 1. The van der Waals surface area contributed by atoms with E-state index < -0.39 is 16.1 Å². The highest BCUT2D eigenvalue weighted by atomic mass is 28.3. The topological polar surface area (TPSA) is 12.9 Å². The third kappa shape index (κ3) is 2.00. The second kappa shape index (κ2) is 4.15. The summed E-state index contributed by atoms with van der Waals surface area (Å²) in [5.74, 6) is 0. The largest absolute Gasteiger partial charge is 0.264 e. The summed E-state index contributed by atoms with van der Waals surface area (Å²) in [5, 5.41) is 3.32. The van der Waals surface area contributed by atoms with Gasteiger partial charge in [-0.1, -0.05) is 61.8 Å². The van der Waals surface area contributed by atoms with Crippen molar-refractivity contribution in [2.24, 2.45) is 0 Å². The van der Waals surface area contributed by atoms with Crippen molar-refractivity contribution in [1.82, 2.24) is 4.98 Å². The van der Waals surface area contributed by atoms with Crippen molar-refractivity contribution in [3.63, 3.8) is 0 Å². The number of hydrogen-bond acceptors (Lipinski definition) is 1. The van der Waals surface area contributed by atoms with Crippen LogP contribution < -0.4 is 10.4 Å². The van der Waals surface area contributed by atoms with Crippen LogP contribution in [-0.2, 0) is 0 Å². The highest BCUT2D eigenvalue weighted by Gasteiger charge is 2.32. The lowest BCUT2D eigenvalue weighted by atomic mass is 9.82. The van der Waals surface area contributed by atoms with Crippen molar-refractivity contribution in [3.8, 4) is 22.3 Å². The fourth-order valence-electron chi connectivity index (χ4n) is 3.07. The lowest BCUT2D eigenvalue weighted by Crippen LogP contribution is -2.56. The van der Waals surface area contributed by atoms with Gasteiger partial charge in [0, 0.05) is 18.0 Å². The molecule has 0 saturated heterocycles. The van der Waals surface area contributed by atoms with Crippen LogP contribution in [0.5, 0.6) is 0 Å². The van der Waals surface area contributed by atoms with E-state index in [4.69, 9.17) is 0 Å². The van der Waals surface area contributed by atoms with E-state index in [-0.39, 0.29) is 0 Å². The summed E-state index contributed by atoms with van der Waals surface area (Å²) >= 11 is 0. The number of benzene rings is 1. The first kappa shape index (κ1) is 13.8. The van der Waals surface area contributed by atoms with Gasteiger partial charge in [0.1, 0.15) is 0 Å². The van der Waals surface area contributed by atoms with Crippen LogP contribution in [0.25, 0.3) is 22.3 Å². The van der Waals surface area contributed by atoms with E-state index in [1.165, 1.54) is 22.3 Å². The summed E-state index contributed by atoms with van der Waals surface area (Å²) in [4.78, 5) is 4.28. The normalized spacial score (nSPS) is 13.5. The Hall–Kier alpha value is -1.20.